The lowest BCUT2D eigenvalue weighted by atomic mass is 10.1. The van der Waals surface area contributed by atoms with Crippen molar-refractivity contribution < 1.29 is 5.21 Å². The van der Waals surface area contributed by atoms with E-state index in [1.54, 1.807) is 0 Å². The molecule has 0 atom stereocenters. The first-order valence-corrected chi connectivity index (χ1v) is 4.82. The van der Waals surface area contributed by atoms with Gasteiger partial charge in [0.05, 0.1) is 6.54 Å². The minimum absolute atomic E-state index is 0.227. The van der Waals surface area contributed by atoms with Crippen LogP contribution in [0.5, 0.6) is 0 Å². The topological polar surface area (TPSA) is 61.8 Å². The Morgan fingerprint density at radius 3 is 2.87 bits per heavy atom. The zero-order valence-corrected chi connectivity index (χ0v) is 9.14. The number of nitrogens with two attached hydrogens (primary N) is 1. The smallest absolute Gasteiger partial charge is 0.153 e. The molecular weight excluding hydrogens is 190 g/mol. The highest BCUT2D eigenvalue weighted by Crippen LogP contribution is 2.06. The van der Waals surface area contributed by atoms with Crippen molar-refractivity contribution in [2.45, 2.75) is 13.5 Å². The molecule has 4 nitrogen and oxygen atoms in total. The minimum Gasteiger partial charge on any atom is -0.409 e. The summed E-state index contributed by atoms with van der Waals surface area (Å²) in [5, 5.41) is 11.4. The molecule has 0 aliphatic rings. The molecule has 0 aliphatic heterocycles. The standard InChI is InChI=1S/C11H17N3O/c1-9-4-3-5-10(6-9)7-14(2)8-11(12)13-15/h3-6,15H,7-8H2,1-2H3,(H2,12,13). The normalized spacial score (nSPS) is 12.1. The van der Waals surface area contributed by atoms with E-state index in [4.69, 9.17) is 10.9 Å². The summed E-state index contributed by atoms with van der Waals surface area (Å²) in [6.45, 7) is 3.31. The van der Waals surface area contributed by atoms with Crippen LogP contribution in [-0.4, -0.2) is 29.5 Å². The number of hydrogen-bond acceptors (Lipinski definition) is 3. The summed E-state index contributed by atoms with van der Waals surface area (Å²) in [4.78, 5) is 1.99. The van der Waals surface area contributed by atoms with E-state index in [2.05, 4.69) is 30.3 Å². The second kappa shape index (κ2) is 5.36. The molecule has 82 valence electrons. The minimum atomic E-state index is 0.227. The molecule has 15 heavy (non-hydrogen) atoms. The molecule has 0 saturated carbocycles. The van der Waals surface area contributed by atoms with Gasteiger partial charge in [0.1, 0.15) is 0 Å². The third kappa shape index (κ3) is 3.99. The zero-order chi connectivity index (χ0) is 11.3. The van der Waals surface area contributed by atoms with Crippen molar-refractivity contribution in [3.63, 3.8) is 0 Å². The molecule has 0 radical (unpaired) electrons. The number of rotatable bonds is 4. The lowest BCUT2D eigenvalue weighted by Gasteiger charge is -2.15. The van der Waals surface area contributed by atoms with Gasteiger partial charge in [0.15, 0.2) is 5.84 Å². The number of likely N-dealkylation sites (N-methyl/N-ethyl adjacent to an activating group) is 1. The molecule has 0 aliphatic carbocycles. The van der Waals surface area contributed by atoms with Gasteiger partial charge in [-0.2, -0.15) is 0 Å². The quantitative estimate of drug-likeness (QED) is 0.337. The van der Waals surface area contributed by atoms with E-state index in [1.807, 2.05) is 18.0 Å². The third-order valence-electron chi connectivity index (χ3n) is 2.10. The summed E-state index contributed by atoms with van der Waals surface area (Å²) in [5.41, 5.74) is 7.88. The van der Waals surface area contributed by atoms with Crippen molar-refractivity contribution in [1.29, 1.82) is 0 Å². The van der Waals surface area contributed by atoms with Gasteiger partial charge in [-0.1, -0.05) is 35.0 Å². The van der Waals surface area contributed by atoms with Crippen LogP contribution in [0.4, 0.5) is 0 Å². The van der Waals surface area contributed by atoms with E-state index >= 15 is 0 Å². The van der Waals surface area contributed by atoms with E-state index in [0.29, 0.717) is 6.54 Å². The van der Waals surface area contributed by atoms with Crippen LogP contribution in [0.3, 0.4) is 0 Å². The number of hydrogen-bond donors (Lipinski definition) is 2. The first-order valence-electron chi connectivity index (χ1n) is 4.82. The lowest BCUT2D eigenvalue weighted by Crippen LogP contribution is -2.30. The third-order valence-corrected chi connectivity index (χ3v) is 2.10. The van der Waals surface area contributed by atoms with Gasteiger partial charge in [-0.15, -0.1) is 0 Å². The summed E-state index contributed by atoms with van der Waals surface area (Å²) in [6.07, 6.45) is 0. The first-order chi connectivity index (χ1) is 7.11. The van der Waals surface area contributed by atoms with Gasteiger partial charge >= 0.3 is 0 Å². The van der Waals surface area contributed by atoms with Gasteiger partial charge in [-0.05, 0) is 19.5 Å². The van der Waals surface area contributed by atoms with E-state index in [9.17, 15) is 0 Å². The Hall–Kier alpha value is -1.55. The molecule has 0 fully saturated rings. The fourth-order valence-electron chi connectivity index (χ4n) is 1.49. The van der Waals surface area contributed by atoms with Crippen molar-refractivity contribution in [1.82, 2.24) is 4.90 Å². The molecule has 0 spiro atoms. The highest BCUT2D eigenvalue weighted by Gasteiger charge is 2.02. The number of oxime groups is 1. The van der Waals surface area contributed by atoms with Crippen LogP contribution in [0.15, 0.2) is 29.4 Å². The zero-order valence-electron chi connectivity index (χ0n) is 9.14. The molecular formula is C11H17N3O. The Labute approximate surface area is 90.0 Å². The number of benzene rings is 1. The second-order valence-electron chi connectivity index (χ2n) is 3.75. The van der Waals surface area contributed by atoms with Crippen molar-refractivity contribution in [2.75, 3.05) is 13.6 Å². The van der Waals surface area contributed by atoms with Crippen LogP contribution < -0.4 is 5.73 Å². The van der Waals surface area contributed by atoms with Crippen LogP contribution in [-0.2, 0) is 6.54 Å². The summed E-state index contributed by atoms with van der Waals surface area (Å²) in [6, 6.07) is 8.29. The van der Waals surface area contributed by atoms with E-state index in [-0.39, 0.29) is 5.84 Å². The fourth-order valence-corrected chi connectivity index (χ4v) is 1.49. The predicted molar refractivity (Wildman–Crippen MR) is 60.9 cm³/mol. The van der Waals surface area contributed by atoms with Crippen molar-refractivity contribution >= 4 is 5.84 Å². The molecule has 1 rings (SSSR count). The van der Waals surface area contributed by atoms with Gasteiger partial charge < -0.3 is 10.9 Å². The van der Waals surface area contributed by atoms with Crippen LogP contribution in [0.2, 0.25) is 0 Å². The Bertz CT molecular complexity index is 349. The van der Waals surface area contributed by atoms with Crippen molar-refractivity contribution in [3.8, 4) is 0 Å². The summed E-state index contributed by atoms with van der Waals surface area (Å²) in [7, 11) is 1.93. The molecule has 0 bridgehead atoms. The van der Waals surface area contributed by atoms with Gasteiger partial charge in [0, 0.05) is 6.54 Å². The van der Waals surface area contributed by atoms with Crippen LogP contribution in [0.25, 0.3) is 0 Å². The largest absolute Gasteiger partial charge is 0.409 e. The molecule has 0 aromatic heterocycles. The number of nitrogens with zero attached hydrogens (tertiary/aromatic N) is 2. The first kappa shape index (κ1) is 11.5. The highest BCUT2D eigenvalue weighted by atomic mass is 16.4. The van der Waals surface area contributed by atoms with E-state index in [1.165, 1.54) is 11.1 Å². The predicted octanol–water partition coefficient (Wildman–Crippen LogP) is 1.17. The monoisotopic (exact) mass is 207 g/mol. The molecule has 4 heteroatoms. The van der Waals surface area contributed by atoms with Crippen molar-refractivity contribution in [3.05, 3.63) is 35.4 Å². The van der Waals surface area contributed by atoms with Crippen LogP contribution in [0.1, 0.15) is 11.1 Å². The van der Waals surface area contributed by atoms with E-state index in [0.717, 1.165) is 6.54 Å². The fraction of sp³-hybridized carbons (Fsp3) is 0.364. The SMILES string of the molecule is Cc1cccc(CN(C)CC(N)=NO)c1. The maximum atomic E-state index is 8.43. The molecule has 1 aromatic rings. The molecule has 0 heterocycles. The highest BCUT2D eigenvalue weighted by molar-refractivity contribution is 5.81. The maximum absolute atomic E-state index is 8.43. The average Bonchev–Trinajstić information content (AvgIpc) is 2.17. The molecule has 1 aromatic carbocycles. The molecule has 3 N–H and O–H groups in total. The summed E-state index contributed by atoms with van der Waals surface area (Å²) < 4.78 is 0. The van der Waals surface area contributed by atoms with Gasteiger partial charge in [-0.3, -0.25) is 4.90 Å². The Kier molecular flexibility index (Phi) is 4.12. The van der Waals surface area contributed by atoms with Gasteiger partial charge in [-0.25, -0.2) is 0 Å². The average molecular weight is 207 g/mol. The molecule has 0 saturated heterocycles. The van der Waals surface area contributed by atoms with Crippen LogP contribution >= 0.6 is 0 Å². The molecule has 0 amide bonds. The van der Waals surface area contributed by atoms with E-state index < -0.39 is 0 Å². The summed E-state index contributed by atoms with van der Waals surface area (Å²) in [5.74, 6) is 0.227. The summed E-state index contributed by atoms with van der Waals surface area (Å²) >= 11 is 0. The number of amidine groups is 1. The Balaban J connectivity index is 2.55. The number of aryl methyl sites for hydroxylation is 1. The molecule has 0 unspecified atom stereocenters. The lowest BCUT2D eigenvalue weighted by molar-refractivity contribution is 0.308. The van der Waals surface area contributed by atoms with Gasteiger partial charge in [0.25, 0.3) is 0 Å². The Morgan fingerprint density at radius 1 is 1.53 bits per heavy atom. The maximum Gasteiger partial charge on any atom is 0.153 e. The van der Waals surface area contributed by atoms with Crippen LogP contribution in [0, 0.1) is 6.92 Å². The second-order valence-corrected chi connectivity index (χ2v) is 3.75. The Morgan fingerprint density at radius 2 is 2.27 bits per heavy atom. The van der Waals surface area contributed by atoms with Gasteiger partial charge in [0.2, 0.25) is 0 Å². The van der Waals surface area contributed by atoms with Crippen molar-refractivity contribution in [2.24, 2.45) is 10.9 Å².